The highest BCUT2D eigenvalue weighted by Gasteiger charge is 2.25. The maximum Gasteiger partial charge on any atom is 0.289 e. The number of aliphatic imine (C=N–C) groups is 1. The summed E-state index contributed by atoms with van der Waals surface area (Å²) in [7, 11) is 0. The number of aryl methyl sites for hydroxylation is 1. The predicted molar refractivity (Wildman–Crippen MR) is 99.0 cm³/mol. The molecule has 2 aromatic rings. The number of hydrogen-bond donors (Lipinski definition) is 1. The Bertz CT molecular complexity index is 687. The first-order valence-corrected chi connectivity index (χ1v) is 9.11. The molecule has 0 atom stereocenters. The first kappa shape index (κ1) is 18.0. The zero-order valence-corrected chi connectivity index (χ0v) is 15.2. The summed E-state index contributed by atoms with van der Waals surface area (Å²) in [6, 6.07) is 5.37. The summed E-state index contributed by atoms with van der Waals surface area (Å²) in [6.07, 6.45) is 6.22. The molecule has 140 valence electrons. The van der Waals surface area contributed by atoms with Gasteiger partial charge in [-0.2, -0.15) is 5.10 Å². The number of amides is 1. The number of hydrogen-bond acceptors (Lipinski definition) is 4. The van der Waals surface area contributed by atoms with Crippen molar-refractivity contribution in [2.45, 2.75) is 19.9 Å². The van der Waals surface area contributed by atoms with E-state index >= 15 is 0 Å². The van der Waals surface area contributed by atoms with Crippen LogP contribution in [-0.4, -0.2) is 70.7 Å². The molecule has 0 bridgehead atoms. The van der Waals surface area contributed by atoms with Gasteiger partial charge in [-0.05, 0) is 31.5 Å². The first-order chi connectivity index (χ1) is 12.8. The Morgan fingerprint density at radius 1 is 1.27 bits per heavy atom. The molecule has 1 N–H and O–H groups in total. The van der Waals surface area contributed by atoms with Crippen LogP contribution in [0.3, 0.4) is 0 Å². The third-order valence-electron chi connectivity index (χ3n) is 4.30. The number of aromatic nitrogens is 2. The van der Waals surface area contributed by atoms with Gasteiger partial charge in [0, 0.05) is 58.2 Å². The normalized spacial score (nSPS) is 15.3. The average molecular weight is 358 g/mol. The van der Waals surface area contributed by atoms with E-state index in [9.17, 15) is 4.79 Å². The maximum absolute atomic E-state index is 12.3. The van der Waals surface area contributed by atoms with E-state index in [4.69, 9.17) is 9.41 Å². The van der Waals surface area contributed by atoms with Gasteiger partial charge in [-0.15, -0.1) is 0 Å². The van der Waals surface area contributed by atoms with Crippen LogP contribution in [0.5, 0.6) is 0 Å². The first-order valence-electron chi connectivity index (χ1n) is 9.11. The second-order valence-corrected chi connectivity index (χ2v) is 6.11. The van der Waals surface area contributed by atoms with Crippen molar-refractivity contribution in [3.63, 3.8) is 0 Å². The van der Waals surface area contributed by atoms with Gasteiger partial charge in [-0.25, -0.2) is 0 Å². The van der Waals surface area contributed by atoms with Gasteiger partial charge in [0.15, 0.2) is 11.7 Å². The molecule has 8 heteroatoms. The molecule has 1 aliphatic rings. The van der Waals surface area contributed by atoms with Gasteiger partial charge < -0.3 is 19.5 Å². The van der Waals surface area contributed by atoms with Crippen LogP contribution in [0.25, 0.3) is 0 Å². The van der Waals surface area contributed by atoms with Crippen molar-refractivity contribution < 1.29 is 9.21 Å². The lowest BCUT2D eigenvalue weighted by atomic mass is 10.3. The zero-order chi connectivity index (χ0) is 18.2. The lowest BCUT2D eigenvalue weighted by Crippen LogP contribution is -2.53. The lowest BCUT2D eigenvalue weighted by molar-refractivity contribution is 0.0657. The van der Waals surface area contributed by atoms with E-state index in [1.807, 2.05) is 21.8 Å². The highest BCUT2D eigenvalue weighted by atomic mass is 16.3. The van der Waals surface area contributed by atoms with Gasteiger partial charge in [0.05, 0.1) is 6.26 Å². The Morgan fingerprint density at radius 2 is 2.08 bits per heavy atom. The minimum atomic E-state index is -0.0455. The van der Waals surface area contributed by atoms with E-state index in [2.05, 4.69) is 22.2 Å². The highest BCUT2D eigenvalue weighted by Crippen LogP contribution is 2.09. The number of furan rings is 1. The van der Waals surface area contributed by atoms with Crippen LogP contribution in [0, 0.1) is 0 Å². The number of piperazine rings is 1. The second kappa shape index (κ2) is 9.07. The molecule has 1 aliphatic heterocycles. The van der Waals surface area contributed by atoms with E-state index in [1.54, 1.807) is 18.3 Å². The fraction of sp³-hybridized carbons (Fsp3) is 0.500. The van der Waals surface area contributed by atoms with E-state index in [-0.39, 0.29) is 5.91 Å². The molecule has 0 radical (unpaired) electrons. The Labute approximate surface area is 153 Å². The van der Waals surface area contributed by atoms with E-state index in [0.29, 0.717) is 18.8 Å². The maximum atomic E-state index is 12.3. The quantitative estimate of drug-likeness (QED) is 0.478. The monoisotopic (exact) mass is 358 g/mol. The number of guanidine groups is 1. The molecule has 3 heterocycles. The zero-order valence-electron chi connectivity index (χ0n) is 15.2. The summed E-state index contributed by atoms with van der Waals surface area (Å²) < 4.78 is 7.13. The molecule has 2 aromatic heterocycles. The van der Waals surface area contributed by atoms with Crippen LogP contribution in [0.1, 0.15) is 23.9 Å². The highest BCUT2D eigenvalue weighted by molar-refractivity contribution is 5.91. The molecule has 26 heavy (non-hydrogen) atoms. The standard InChI is InChI=1S/C18H26N6O2/c1-2-19-18(20-7-4-9-24-10-5-8-21-24)23-13-11-22(12-14-23)17(25)16-6-3-15-26-16/h3,5-6,8,10,15H,2,4,7,9,11-14H2,1H3,(H,19,20). The molecule has 0 unspecified atom stereocenters. The second-order valence-electron chi connectivity index (χ2n) is 6.11. The summed E-state index contributed by atoms with van der Waals surface area (Å²) in [4.78, 5) is 21.1. The lowest BCUT2D eigenvalue weighted by Gasteiger charge is -2.36. The van der Waals surface area contributed by atoms with Crippen molar-refractivity contribution in [1.82, 2.24) is 24.9 Å². The molecule has 1 saturated heterocycles. The van der Waals surface area contributed by atoms with E-state index in [0.717, 1.165) is 45.1 Å². The van der Waals surface area contributed by atoms with Crippen LogP contribution in [0.2, 0.25) is 0 Å². The smallest absolute Gasteiger partial charge is 0.289 e. The van der Waals surface area contributed by atoms with Crippen molar-refractivity contribution in [1.29, 1.82) is 0 Å². The van der Waals surface area contributed by atoms with Gasteiger partial charge in [0.25, 0.3) is 5.91 Å². The van der Waals surface area contributed by atoms with Gasteiger partial charge in [-0.1, -0.05) is 0 Å². The molecule has 1 fully saturated rings. The van der Waals surface area contributed by atoms with Gasteiger partial charge in [0.1, 0.15) is 0 Å². The van der Waals surface area contributed by atoms with Crippen LogP contribution < -0.4 is 5.32 Å². The fourth-order valence-electron chi connectivity index (χ4n) is 2.95. The van der Waals surface area contributed by atoms with Crippen LogP contribution in [-0.2, 0) is 6.54 Å². The fourth-order valence-corrected chi connectivity index (χ4v) is 2.95. The van der Waals surface area contributed by atoms with Crippen molar-refractivity contribution in [2.24, 2.45) is 4.99 Å². The van der Waals surface area contributed by atoms with Crippen molar-refractivity contribution in [2.75, 3.05) is 39.3 Å². The van der Waals surface area contributed by atoms with Crippen molar-refractivity contribution in [3.05, 3.63) is 42.6 Å². The largest absolute Gasteiger partial charge is 0.459 e. The summed E-state index contributed by atoms with van der Waals surface area (Å²) >= 11 is 0. The third-order valence-corrected chi connectivity index (χ3v) is 4.30. The third kappa shape index (κ3) is 4.65. The molecular weight excluding hydrogens is 332 g/mol. The summed E-state index contributed by atoms with van der Waals surface area (Å²) in [5.74, 6) is 1.27. The number of carbonyl (C=O) groups is 1. The minimum Gasteiger partial charge on any atom is -0.459 e. The van der Waals surface area contributed by atoms with Gasteiger partial charge in [0.2, 0.25) is 0 Å². The Hall–Kier alpha value is -2.77. The van der Waals surface area contributed by atoms with E-state index in [1.165, 1.54) is 6.26 Å². The molecule has 0 aromatic carbocycles. The van der Waals surface area contributed by atoms with Crippen LogP contribution in [0.15, 0.2) is 46.3 Å². The molecule has 3 rings (SSSR count). The molecule has 0 aliphatic carbocycles. The van der Waals surface area contributed by atoms with Gasteiger partial charge >= 0.3 is 0 Å². The molecule has 0 saturated carbocycles. The molecule has 0 spiro atoms. The Balaban J connectivity index is 1.49. The van der Waals surface area contributed by atoms with Crippen LogP contribution >= 0.6 is 0 Å². The minimum absolute atomic E-state index is 0.0455. The van der Waals surface area contributed by atoms with Gasteiger partial charge in [-0.3, -0.25) is 14.5 Å². The number of carbonyl (C=O) groups excluding carboxylic acids is 1. The molecular formula is C18H26N6O2. The van der Waals surface area contributed by atoms with Crippen LogP contribution in [0.4, 0.5) is 0 Å². The predicted octanol–water partition coefficient (Wildman–Crippen LogP) is 1.29. The Morgan fingerprint density at radius 3 is 2.73 bits per heavy atom. The summed E-state index contributed by atoms with van der Waals surface area (Å²) in [5.41, 5.74) is 0. The average Bonchev–Trinajstić information content (AvgIpc) is 3.38. The summed E-state index contributed by atoms with van der Waals surface area (Å²) in [5, 5.41) is 7.55. The topological polar surface area (TPSA) is 78.9 Å². The summed E-state index contributed by atoms with van der Waals surface area (Å²) in [6.45, 7) is 7.35. The molecule has 8 nitrogen and oxygen atoms in total. The number of nitrogens with one attached hydrogen (secondary N) is 1. The number of rotatable bonds is 6. The Kier molecular flexibility index (Phi) is 6.29. The molecule has 1 amide bonds. The SMILES string of the molecule is CCNC(=NCCCn1cccn1)N1CCN(C(=O)c2ccco2)CC1. The van der Waals surface area contributed by atoms with Crippen molar-refractivity contribution >= 4 is 11.9 Å². The van der Waals surface area contributed by atoms with E-state index < -0.39 is 0 Å². The number of nitrogens with zero attached hydrogens (tertiary/aromatic N) is 5. The van der Waals surface area contributed by atoms with Crippen molar-refractivity contribution in [3.8, 4) is 0 Å².